The number of hydrogen-bond donors (Lipinski definition) is 1. The summed E-state index contributed by atoms with van der Waals surface area (Å²) in [5.41, 5.74) is 1.34. The maximum atomic E-state index is 12.6. The van der Waals surface area contributed by atoms with Gasteiger partial charge in [0.05, 0.1) is 5.56 Å². The Hall–Kier alpha value is -3.85. The Balaban J connectivity index is 1.31. The zero-order valence-corrected chi connectivity index (χ0v) is 18.4. The van der Waals surface area contributed by atoms with Crippen molar-refractivity contribution >= 4 is 23.4 Å². The number of rotatable bonds is 7. The van der Waals surface area contributed by atoms with Crippen LogP contribution in [0.15, 0.2) is 96.3 Å². The first kappa shape index (κ1) is 23.3. The van der Waals surface area contributed by atoms with Crippen molar-refractivity contribution in [3.05, 3.63) is 108 Å². The number of hydrogen-bond acceptors (Lipinski definition) is 5. The number of ether oxygens (including phenoxy) is 1. The molecular weight excluding hydrogens is 463 g/mol. The Morgan fingerprint density at radius 1 is 0.941 bits per heavy atom. The lowest BCUT2D eigenvalue weighted by Crippen LogP contribution is -2.11. The molecule has 0 saturated heterocycles. The Labute approximate surface area is 198 Å². The van der Waals surface area contributed by atoms with Gasteiger partial charge in [-0.3, -0.25) is 9.78 Å². The van der Waals surface area contributed by atoms with Gasteiger partial charge in [-0.2, -0.15) is 13.2 Å². The van der Waals surface area contributed by atoms with Crippen LogP contribution in [-0.2, 0) is 11.9 Å². The average molecular weight is 481 g/mol. The van der Waals surface area contributed by atoms with E-state index in [1.54, 1.807) is 42.2 Å². The van der Waals surface area contributed by atoms with Gasteiger partial charge in [-0.15, -0.1) is 11.8 Å². The number of nitrogens with one attached hydrogen (secondary N) is 1. The van der Waals surface area contributed by atoms with E-state index in [0.717, 1.165) is 28.3 Å². The van der Waals surface area contributed by atoms with Crippen LogP contribution in [0.3, 0.4) is 0 Å². The second-order valence-electron chi connectivity index (χ2n) is 7.14. The maximum absolute atomic E-state index is 12.6. The van der Waals surface area contributed by atoms with Crippen molar-refractivity contribution in [3.8, 4) is 11.6 Å². The van der Waals surface area contributed by atoms with E-state index in [1.807, 2.05) is 42.6 Å². The first-order chi connectivity index (χ1) is 16.4. The molecule has 2 aromatic carbocycles. The molecule has 0 aliphatic rings. The standard InChI is InChI=1S/C25H18F3N3O2S/c26-25(27,28)19-5-12-23(30-15-19)33-21-8-3-18(4-9-21)24(32)31-20-6-10-22(11-7-20)34-16-17-2-1-13-29-14-17/h1-15H,16H2,(H,31,32). The summed E-state index contributed by atoms with van der Waals surface area (Å²) in [6.07, 6.45) is -0.180. The number of amides is 1. The molecule has 0 radical (unpaired) electrons. The van der Waals surface area contributed by atoms with Crippen LogP contribution in [0.2, 0.25) is 0 Å². The van der Waals surface area contributed by atoms with Crippen LogP contribution in [0.5, 0.6) is 11.6 Å². The molecule has 172 valence electrons. The average Bonchev–Trinajstić information content (AvgIpc) is 2.84. The van der Waals surface area contributed by atoms with Crippen LogP contribution < -0.4 is 10.1 Å². The molecule has 34 heavy (non-hydrogen) atoms. The van der Waals surface area contributed by atoms with Crippen molar-refractivity contribution in [2.75, 3.05) is 5.32 Å². The largest absolute Gasteiger partial charge is 0.439 e. The first-order valence-corrected chi connectivity index (χ1v) is 11.1. The van der Waals surface area contributed by atoms with Crippen LogP contribution in [0.4, 0.5) is 18.9 Å². The summed E-state index contributed by atoms with van der Waals surface area (Å²) in [7, 11) is 0. The molecule has 9 heteroatoms. The van der Waals surface area contributed by atoms with Crippen LogP contribution >= 0.6 is 11.8 Å². The van der Waals surface area contributed by atoms with Crippen LogP contribution in [-0.4, -0.2) is 15.9 Å². The van der Waals surface area contributed by atoms with Crippen molar-refractivity contribution in [2.45, 2.75) is 16.8 Å². The fourth-order valence-electron chi connectivity index (χ4n) is 2.89. The van der Waals surface area contributed by atoms with Crippen molar-refractivity contribution < 1.29 is 22.7 Å². The third-order valence-corrected chi connectivity index (χ3v) is 5.73. The van der Waals surface area contributed by atoms with E-state index in [-0.39, 0.29) is 11.8 Å². The summed E-state index contributed by atoms with van der Waals surface area (Å²) >= 11 is 1.67. The van der Waals surface area contributed by atoms with E-state index in [4.69, 9.17) is 4.74 Å². The van der Waals surface area contributed by atoms with Gasteiger partial charge in [-0.1, -0.05) is 6.07 Å². The molecule has 0 bridgehead atoms. The highest BCUT2D eigenvalue weighted by atomic mass is 32.2. The normalized spacial score (nSPS) is 11.1. The predicted molar refractivity (Wildman–Crippen MR) is 124 cm³/mol. The highest BCUT2D eigenvalue weighted by Crippen LogP contribution is 2.30. The minimum atomic E-state index is -4.46. The fraction of sp³-hybridized carbons (Fsp3) is 0.0800. The molecular formula is C25H18F3N3O2S. The SMILES string of the molecule is O=C(Nc1ccc(SCc2cccnc2)cc1)c1ccc(Oc2ccc(C(F)(F)F)cn2)cc1. The van der Waals surface area contributed by atoms with E-state index >= 15 is 0 Å². The quantitative estimate of drug-likeness (QED) is 0.293. The predicted octanol–water partition coefficient (Wildman–Crippen LogP) is 6.83. The van der Waals surface area contributed by atoms with Gasteiger partial charge in [0.1, 0.15) is 5.75 Å². The number of carbonyl (C=O) groups is 1. The lowest BCUT2D eigenvalue weighted by molar-refractivity contribution is -0.137. The summed E-state index contributed by atoms with van der Waals surface area (Å²) in [6.45, 7) is 0. The number of alkyl halides is 3. The topological polar surface area (TPSA) is 64.1 Å². The number of pyridine rings is 2. The molecule has 1 amide bonds. The summed E-state index contributed by atoms with van der Waals surface area (Å²) in [6, 6.07) is 19.7. The molecule has 0 aliphatic heterocycles. The van der Waals surface area contributed by atoms with Gasteiger partial charge in [0, 0.05) is 46.6 Å². The van der Waals surface area contributed by atoms with Crippen LogP contribution in [0.1, 0.15) is 21.5 Å². The second-order valence-corrected chi connectivity index (χ2v) is 8.19. The number of halogens is 3. The Bertz CT molecular complexity index is 1230. The maximum Gasteiger partial charge on any atom is 0.417 e. The summed E-state index contributed by atoms with van der Waals surface area (Å²) < 4.78 is 43.3. The second kappa shape index (κ2) is 10.4. The summed E-state index contributed by atoms with van der Waals surface area (Å²) in [5.74, 6) is 0.871. The summed E-state index contributed by atoms with van der Waals surface area (Å²) in [4.78, 5) is 21.4. The molecule has 0 atom stereocenters. The highest BCUT2D eigenvalue weighted by molar-refractivity contribution is 7.98. The van der Waals surface area contributed by atoms with Gasteiger partial charge in [0.25, 0.3) is 5.91 Å². The summed E-state index contributed by atoms with van der Waals surface area (Å²) in [5, 5.41) is 2.83. The molecule has 0 aliphatic carbocycles. The van der Waals surface area contributed by atoms with Crippen molar-refractivity contribution in [2.24, 2.45) is 0 Å². The number of anilines is 1. The van der Waals surface area contributed by atoms with Gasteiger partial charge in [0.2, 0.25) is 5.88 Å². The number of benzene rings is 2. The first-order valence-electron chi connectivity index (χ1n) is 10.1. The molecule has 0 unspecified atom stereocenters. The van der Waals surface area contributed by atoms with E-state index in [9.17, 15) is 18.0 Å². The minimum absolute atomic E-state index is 0.0201. The smallest absolute Gasteiger partial charge is 0.417 e. The van der Waals surface area contributed by atoms with Gasteiger partial charge in [-0.25, -0.2) is 4.98 Å². The molecule has 2 aromatic heterocycles. The minimum Gasteiger partial charge on any atom is -0.439 e. The zero-order valence-electron chi connectivity index (χ0n) is 17.6. The van der Waals surface area contributed by atoms with Crippen LogP contribution in [0, 0.1) is 0 Å². The molecule has 0 fully saturated rings. The van der Waals surface area contributed by atoms with Crippen molar-refractivity contribution in [1.82, 2.24) is 9.97 Å². The molecule has 5 nitrogen and oxygen atoms in total. The highest BCUT2D eigenvalue weighted by Gasteiger charge is 2.30. The van der Waals surface area contributed by atoms with E-state index in [2.05, 4.69) is 15.3 Å². The monoisotopic (exact) mass is 481 g/mol. The lowest BCUT2D eigenvalue weighted by Gasteiger charge is -2.09. The van der Waals surface area contributed by atoms with Gasteiger partial charge < -0.3 is 10.1 Å². The van der Waals surface area contributed by atoms with Gasteiger partial charge in [-0.05, 0) is 66.2 Å². The third-order valence-electron chi connectivity index (χ3n) is 4.64. The van der Waals surface area contributed by atoms with Gasteiger partial charge in [0.15, 0.2) is 0 Å². The van der Waals surface area contributed by atoms with Crippen molar-refractivity contribution in [1.29, 1.82) is 0 Å². The van der Waals surface area contributed by atoms with E-state index in [0.29, 0.717) is 23.2 Å². The molecule has 4 aromatic rings. The number of thioether (sulfide) groups is 1. The number of nitrogens with zero attached hydrogens (tertiary/aromatic N) is 2. The fourth-order valence-corrected chi connectivity index (χ4v) is 3.72. The molecule has 0 saturated carbocycles. The third kappa shape index (κ3) is 6.35. The Morgan fingerprint density at radius 2 is 1.71 bits per heavy atom. The van der Waals surface area contributed by atoms with Crippen LogP contribution in [0.25, 0.3) is 0 Å². The zero-order chi connectivity index (χ0) is 24.0. The Kier molecular flexibility index (Phi) is 7.12. The molecule has 0 spiro atoms. The molecule has 1 N–H and O–H groups in total. The Morgan fingerprint density at radius 3 is 2.32 bits per heavy atom. The number of aromatic nitrogens is 2. The van der Waals surface area contributed by atoms with Crippen molar-refractivity contribution in [3.63, 3.8) is 0 Å². The van der Waals surface area contributed by atoms with E-state index in [1.165, 1.54) is 0 Å². The van der Waals surface area contributed by atoms with E-state index < -0.39 is 11.7 Å². The molecule has 2 heterocycles. The van der Waals surface area contributed by atoms with Gasteiger partial charge >= 0.3 is 6.18 Å². The lowest BCUT2D eigenvalue weighted by atomic mass is 10.2. The number of carbonyl (C=O) groups excluding carboxylic acids is 1. The molecule has 4 rings (SSSR count).